The summed E-state index contributed by atoms with van der Waals surface area (Å²) in [5.74, 6) is -0.335. The van der Waals surface area contributed by atoms with Crippen LogP contribution in [0, 0.1) is 5.82 Å². The first-order valence-corrected chi connectivity index (χ1v) is 8.09. The average Bonchev–Trinajstić information content (AvgIpc) is 2.90. The second-order valence-corrected chi connectivity index (χ2v) is 6.46. The third-order valence-electron chi connectivity index (χ3n) is 2.93. The molecule has 5 nitrogen and oxygen atoms in total. The summed E-state index contributed by atoms with van der Waals surface area (Å²) in [5, 5.41) is 4.70. The third-order valence-corrected chi connectivity index (χ3v) is 3.51. The molecular formula is C16H18BrFN2O3. The first-order chi connectivity index (χ1) is 10.7. The van der Waals surface area contributed by atoms with Gasteiger partial charge >= 0.3 is 6.09 Å². The molecule has 0 radical (unpaired) electrons. The molecule has 0 atom stereocenters. The van der Waals surface area contributed by atoms with Crippen molar-refractivity contribution in [3.63, 3.8) is 0 Å². The zero-order valence-electron chi connectivity index (χ0n) is 13.4. The van der Waals surface area contributed by atoms with Crippen LogP contribution in [0.25, 0.3) is 11.3 Å². The SMILES string of the molecule is COc1cc(-c2cc(CBr)n(C(=O)OC(C)(C)C)n2)ccc1F. The topological polar surface area (TPSA) is 53.4 Å². The summed E-state index contributed by atoms with van der Waals surface area (Å²) >= 11 is 3.33. The fourth-order valence-electron chi connectivity index (χ4n) is 1.94. The van der Waals surface area contributed by atoms with Gasteiger partial charge in [-0.3, -0.25) is 0 Å². The van der Waals surface area contributed by atoms with E-state index < -0.39 is 17.5 Å². The molecule has 0 saturated heterocycles. The van der Waals surface area contributed by atoms with Crippen molar-refractivity contribution in [2.24, 2.45) is 0 Å². The Morgan fingerprint density at radius 3 is 2.61 bits per heavy atom. The van der Waals surface area contributed by atoms with E-state index >= 15 is 0 Å². The molecule has 0 aliphatic heterocycles. The molecule has 1 heterocycles. The smallest absolute Gasteiger partial charge is 0.435 e. The lowest BCUT2D eigenvalue weighted by molar-refractivity contribution is 0.0511. The molecule has 2 aromatic rings. The molecule has 23 heavy (non-hydrogen) atoms. The molecule has 0 aliphatic rings. The van der Waals surface area contributed by atoms with Crippen LogP contribution in [0.15, 0.2) is 24.3 Å². The van der Waals surface area contributed by atoms with Crippen LogP contribution in [0.1, 0.15) is 26.5 Å². The molecule has 0 amide bonds. The molecule has 2 rings (SSSR count). The van der Waals surface area contributed by atoms with Gasteiger partial charge in [-0.15, -0.1) is 0 Å². The maximum atomic E-state index is 13.5. The van der Waals surface area contributed by atoms with Gasteiger partial charge in [-0.1, -0.05) is 15.9 Å². The number of ether oxygens (including phenoxy) is 2. The summed E-state index contributed by atoms with van der Waals surface area (Å²) in [4.78, 5) is 12.2. The summed E-state index contributed by atoms with van der Waals surface area (Å²) in [5.41, 5.74) is 1.19. The van der Waals surface area contributed by atoms with Gasteiger partial charge in [0.1, 0.15) is 5.60 Å². The zero-order valence-corrected chi connectivity index (χ0v) is 15.0. The van der Waals surface area contributed by atoms with Gasteiger partial charge in [0.2, 0.25) is 0 Å². The quantitative estimate of drug-likeness (QED) is 0.736. The molecule has 1 aromatic carbocycles. The number of hydrogen-bond donors (Lipinski definition) is 0. The van der Waals surface area contributed by atoms with E-state index in [2.05, 4.69) is 21.0 Å². The van der Waals surface area contributed by atoms with Crippen molar-refractivity contribution in [2.45, 2.75) is 31.7 Å². The average molecular weight is 385 g/mol. The fraction of sp³-hybridized carbons (Fsp3) is 0.375. The van der Waals surface area contributed by atoms with Crippen LogP contribution in [0.4, 0.5) is 9.18 Å². The van der Waals surface area contributed by atoms with Crippen LogP contribution < -0.4 is 4.74 Å². The molecule has 0 saturated carbocycles. The number of alkyl halides is 1. The fourth-order valence-corrected chi connectivity index (χ4v) is 2.34. The Hall–Kier alpha value is -1.89. The minimum absolute atomic E-state index is 0.120. The van der Waals surface area contributed by atoms with E-state index in [0.717, 1.165) is 0 Å². The molecule has 124 valence electrons. The van der Waals surface area contributed by atoms with Gasteiger partial charge in [0.25, 0.3) is 0 Å². The van der Waals surface area contributed by atoms with Gasteiger partial charge in [0.05, 0.1) is 18.5 Å². The molecule has 1 aromatic heterocycles. The predicted molar refractivity (Wildman–Crippen MR) is 88.4 cm³/mol. The van der Waals surface area contributed by atoms with Crippen molar-refractivity contribution in [3.05, 3.63) is 35.8 Å². The molecule has 0 aliphatic carbocycles. The monoisotopic (exact) mass is 384 g/mol. The van der Waals surface area contributed by atoms with Gasteiger partial charge in [-0.2, -0.15) is 9.78 Å². The van der Waals surface area contributed by atoms with E-state index in [0.29, 0.717) is 22.3 Å². The molecular weight excluding hydrogens is 367 g/mol. The first kappa shape index (κ1) is 17.5. The third kappa shape index (κ3) is 4.10. The highest BCUT2D eigenvalue weighted by molar-refractivity contribution is 9.08. The van der Waals surface area contributed by atoms with Gasteiger partial charge < -0.3 is 9.47 Å². The Bertz CT molecular complexity index is 723. The van der Waals surface area contributed by atoms with Crippen LogP contribution in [0.5, 0.6) is 5.75 Å². The molecule has 0 N–H and O–H groups in total. The van der Waals surface area contributed by atoms with Crippen molar-refractivity contribution in [2.75, 3.05) is 7.11 Å². The van der Waals surface area contributed by atoms with E-state index in [9.17, 15) is 9.18 Å². The van der Waals surface area contributed by atoms with Crippen molar-refractivity contribution >= 4 is 22.0 Å². The maximum Gasteiger partial charge on any atom is 0.435 e. The second-order valence-electron chi connectivity index (χ2n) is 5.90. The number of hydrogen-bond acceptors (Lipinski definition) is 4. The maximum absolute atomic E-state index is 13.5. The summed E-state index contributed by atoms with van der Waals surface area (Å²) in [6, 6.07) is 6.16. The number of carbonyl (C=O) groups is 1. The number of carbonyl (C=O) groups excluding carboxylic acids is 1. The highest BCUT2D eigenvalue weighted by Crippen LogP contribution is 2.27. The van der Waals surface area contributed by atoms with Crippen LogP contribution in [-0.2, 0) is 10.1 Å². The molecule has 0 spiro atoms. The zero-order chi connectivity index (χ0) is 17.2. The van der Waals surface area contributed by atoms with E-state index in [1.54, 1.807) is 32.9 Å². The number of halogens is 2. The second kappa shape index (κ2) is 6.70. The lowest BCUT2D eigenvalue weighted by atomic mass is 10.1. The Balaban J connectivity index is 2.41. The largest absolute Gasteiger partial charge is 0.494 e. The Kier molecular flexibility index (Phi) is 5.09. The minimum atomic E-state index is -0.619. The number of nitrogens with zero attached hydrogens (tertiary/aromatic N) is 2. The predicted octanol–water partition coefficient (Wildman–Crippen LogP) is 4.38. The Morgan fingerprint density at radius 1 is 1.35 bits per heavy atom. The van der Waals surface area contributed by atoms with E-state index in [-0.39, 0.29) is 5.75 Å². The highest BCUT2D eigenvalue weighted by Gasteiger charge is 2.22. The summed E-state index contributed by atoms with van der Waals surface area (Å²) in [6.45, 7) is 5.36. The van der Waals surface area contributed by atoms with Crippen molar-refractivity contribution in [1.29, 1.82) is 0 Å². The van der Waals surface area contributed by atoms with Crippen molar-refractivity contribution in [3.8, 4) is 17.0 Å². The first-order valence-electron chi connectivity index (χ1n) is 6.97. The summed E-state index contributed by atoms with van der Waals surface area (Å²) in [6.07, 6.45) is -0.563. The van der Waals surface area contributed by atoms with Crippen LogP contribution in [0.3, 0.4) is 0 Å². The van der Waals surface area contributed by atoms with Gasteiger partial charge in [-0.25, -0.2) is 9.18 Å². The molecule has 0 fully saturated rings. The van der Waals surface area contributed by atoms with E-state index in [1.165, 1.54) is 23.9 Å². The van der Waals surface area contributed by atoms with E-state index in [1.807, 2.05) is 0 Å². The number of rotatable bonds is 3. The van der Waals surface area contributed by atoms with Gasteiger partial charge in [-0.05, 0) is 45.0 Å². The minimum Gasteiger partial charge on any atom is -0.494 e. The Labute approximate surface area is 142 Å². The standard InChI is InChI=1S/C16H18BrFN2O3/c1-16(2,3)23-15(21)20-11(9-17)8-13(19-20)10-5-6-12(18)14(7-10)22-4/h5-8H,9H2,1-4H3. The lowest BCUT2D eigenvalue weighted by Crippen LogP contribution is -2.28. The normalized spacial score (nSPS) is 11.4. The lowest BCUT2D eigenvalue weighted by Gasteiger charge is -2.19. The Morgan fingerprint density at radius 2 is 2.04 bits per heavy atom. The number of methoxy groups -OCH3 is 1. The van der Waals surface area contributed by atoms with Crippen molar-refractivity contribution in [1.82, 2.24) is 9.78 Å². The molecule has 0 unspecified atom stereocenters. The van der Waals surface area contributed by atoms with Crippen molar-refractivity contribution < 1.29 is 18.7 Å². The van der Waals surface area contributed by atoms with E-state index in [4.69, 9.17) is 9.47 Å². The highest BCUT2D eigenvalue weighted by atomic mass is 79.9. The molecule has 7 heteroatoms. The summed E-state index contributed by atoms with van der Waals surface area (Å²) < 4.78 is 25.0. The van der Waals surface area contributed by atoms with Gasteiger partial charge in [0, 0.05) is 10.9 Å². The van der Waals surface area contributed by atoms with Crippen LogP contribution in [0.2, 0.25) is 0 Å². The van der Waals surface area contributed by atoms with Gasteiger partial charge in [0.15, 0.2) is 11.6 Å². The molecule has 0 bridgehead atoms. The number of aromatic nitrogens is 2. The summed E-state index contributed by atoms with van der Waals surface area (Å²) in [7, 11) is 1.39. The van der Waals surface area contributed by atoms with Crippen LogP contribution in [-0.4, -0.2) is 28.6 Å². The van der Waals surface area contributed by atoms with Crippen LogP contribution >= 0.6 is 15.9 Å². The number of benzene rings is 1.